The lowest BCUT2D eigenvalue weighted by molar-refractivity contribution is -0.134. The summed E-state index contributed by atoms with van der Waals surface area (Å²) >= 11 is 0. The molecule has 0 bridgehead atoms. The number of hydrogen-bond acceptors (Lipinski definition) is 2. The van der Waals surface area contributed by atoms with Crippen molar-refractivity contribution in [3.05, 3.63) is 31.5 Å². The van der Waals surface area contributed by atoms with Gasteiger partial charge in [-0.15, -0.1) is 5.73 Å². The highest BCUT2D eigenvalue weighted by atomic mass is 16.5. The summed E-state index contributed by atoms with van der Waals surface area (Å²) in [5, 5.41) is 0. The number of rotatable bonds is 1. The third kappa shape index (κ3) is 20.2. The number of methoxy groups -OCH3 is 1. The Morgan fingerprint density at radius 2 is 2.00 bits per heavy atom. The Morgan fingerprint density at radius 1 is 1.67 bits per heavy atom. The Balaban J connectivity index is 0. The molecule has 0 aliphatic heterocycles. The molecule has 0 aliphatic rings. The highest BCUT2D eigenvalue weighted by molar-refractivity contribution is 5.80. The van der Waals surface area contributed by atoms with Crippen molar-refractivity contribution in [3.8, 4) is 0 Å². The second kappa shape index (κ2) is 9.88. The van der Waals surface area contributed by atoms with E-state index in [1.807, 2.05) is 0 Å². The van der Waals surface area contributed by atoms with Crippen LogP contribution in [0.25, 0.3) is 0 Å². The molecule has 0 amide bonds. The maximum Gasteiger partial charge on any atom is 0.329 e. The third-order valence-corrected chi connectivity index (χ3v) is 0.368. The van der Waals surface area contributed by atoms with E-state index < -0.39 is 5.97 Å². The second-order valence-electron chi connectivity index (χ2n) is 0.977. The van der Waals surface area contributed by atoms with Gasteiger partial charge in [0.05, 0.1) is 7.11 Å². The summed E-state index contributed by atoms with van der Waals surface area (Å²) in [6.45, 7) is 9.41. The van der Waals surface area contributed by atoms with Crippen LogP contribution in [0.4, 0.5) is 0 Å². The van der Waals surface area contributed by atoms with Crippen molar-refractivity contribution < 1.29 is 9.53 Å². The number of esters is 1. The Bertz CT molecular complexity index is 119. The van der Waals surface area contributed by atoms with Crippen LogP contribution in [-0.4, -0.2) is 13.1 Å². The van der Waals surface area contributed by atoms with E-state index in [4.69, 9.17) is 0 Å². The maximum atomic E-state index is 9.84. The van der Waals surface area contributed by atoms with Gasteiger partial charge in [0.1, 0.15) is 0 Å². The van der Waals surface area contributed by atoms with Crippen LogP contribution < -0.4 is 0 Å². The van der Waals surface area contributed by atoms with Gasteiger partial charge in [0.15, 0.2) is 0 Å². The molecule has 0 aromatic heterocycles. The predicted molar refractivity (Wildman–Crippen MR) is 37.0 cm³/mol. The van der Waals surface area contributed by atoms with Gasteiger partial charge in [-0.1, -0.05) is 19.7 Å². The molecule has 0 rings (SSSR count). The van der Waals surface area contributed by atoms with E-state index in [1.165, 1.54) is 7.11 Å². The Labute approximate surface area is 55.1 Å². The van der Waals surface area contributed by atoms with Crippen molar-refractivity contribution in [2.75, 3.05) is 7.11 Å². The van der Waals surface area contributed by atoms with Crippen molar-refractivity contribution in [3.63, 3.8) is 0 Å². The van der Waals surface area contributed by atoms with E-state index in [0.29, 0.717) is 0 Å². The van der Waals surface area contributed by atoms with Crippen LogP contribution in [0.5, 0.6) is 0 Å². The van der Waals surface area contributed by atoms with E-state index in [9.17, 15) is 4.79 Å². The zero-order chi connectivity index (χ0) is 7.70. The lowest BCUT2D eigenvalue weighted by Crippen LogP contribution is -1.91. The molecule has 0 fully saturated rings. The van der Waals surface area contributed by atoms with Crippen molar-refractivity contribution in [1.82, 2.24) is 0 Å². The first kappa shape index (κ1) is 10.7. The van der Waals surface area contributed by atoms with Gasteiger partial charge in [-0.25, -0.2) is 4.79 Å². The zero-order valence-corrected chi connectivity index (χ0v) is 5.52. The molecular formula is C7H10O2. The smallest absolute Gasteiger partial charge is 0.329 e. The van der Waals surface area contributed by atoms with Gasteiger partial charge in [0.25, 0.3) is 0 Å². The molecular weight excluding hydrogens is 116 g/mol. The monoisotopic (exact) mass is 126 g/mol. The first-order valence-corrected chi connectivity index (χ1v) is 2.22. The number of hydrogen-bond donors (Lipinski definition) is 0. The molecule has 0 aromatic carbocycles. The molecule has 0 spiro atoms. The average Bonchev–Trinajstić information content (AvgIpc) is 1.88. The van der Waals surface area contributed by atoms with Crippen LogP contribution in [0.1, 0.15) is 0 Å². The molecule has 0 aromatic rings. The first-order valence-electron chi connectivity index (χ1n) is 2.22. The Kier molecular flexibility index (Phi) is 11.7. The normalized spacial score (nSPS) is 5.44. The van der Waals surface area contributed by atoms with Crippen LogP contribution in [-0.2, 0) is 9.53 Å². The lowest BCUT2D eigenvalue weighted by Gasteiger charge is -1.83. The molecule has 0 atom stereocenters. The summed E-state index contributed by atoms with van der Waals surface area (Å²) in [7, 11) is 1.31. The third-order valence-electron chi connectivity index (χ3n) is 0.368. The van der Waals surface area contributed by atoms with Crippen LogP contribution >= 0.6 is 0 Å². The van der Waals surface area contributed by atoms with E-state index in [2.05, 4.69) is 30.2 Å². The summed E-state index contributed by atoms with van der Waals surface area (Å²) in [4.78, 5) is 9.84. The van der Waals surface area contributed by atoms with Crippen LogP contribution in [0.15, 0.2) is 31.5 Å². The molecule has 0 radical (unpaired) electrons. The van der Waals surface area contributed by atoms with Crippen molar-refractivity contribution in [2.45, 2.75) is 0 Å². The minimum atomic E-state index is -0.394. The minimum Gasteiger partial charge on any atom is -0.466 e. The quantitative estimate of drug-likeness (QED) is 0.301. The van der Waals surface area contributed by atoms with Crippen LogP contribution in [0, 0.1) is 0 Å². The lowest BCUT2D eigenvalue weighted by atomic mass is 10.7. The maximum absolute atomic E-state index is 9.84. The van der Waals surface area contributed by atoms with Gasteiger partial charge >= 0.3 is 5.97 Å². The molecule has 0 unspecified atom stereocenters. The summed E-state index contributed by atoms with van der Waals surface area (Å²) < 4.78 is 4.14. The van der Waals surface area contributed by atoms with Crippen molar-refractivity contribution >= 4 is 5.97 Å². The van der Waals surface area contributed by atoms with Crippen LogP contribution in [0.2, 0.25) is 0 Å². The van der Waals surface area contributed by atoms with E-state index in [-0.39, 0.29) is 0 Å². The Hall–Kier alpha value is -1.27. The molecule has 9 heavy (non-hydrogen) atoms. The molecule has 0 heterocycles. The fourth-order valence-electron chi connectivity index (χ4n) is 0.0833. The van der Waals surface area contributed by atoms with Crippen LogP contribution in [0.3, 0.4) is 0 Å². The van der Waals surface area contributed by atoms with Gasteiger partial charge in [-0.05, 0) is 0 Å². The molecule has 2 nitrogen and oxygen atoms in total. The topological polar surface area (TPSA) is 26.3 Å². The highest BCUT2D eigenvalue weighted by Gasteiger charge is 1.81. The van der Waals surface area contributed by atoms with Crippen molar-refractivity contribution in [1.29, 1.82) is 0 Å². The largest absolute Gasteiger partial charge is 0.466 e. The van der Waals surface area contributed by atoms with E-state index in [1.54, 1.807) is 0 Å². The van der Waals surface area contributed by atoms with Gasteiger partial charge in [0.2, 0.25) is 0 Å². The molecule has 0 aliphatic carbocycles. The summed E-state index contributed by atoms with van der Waals surface area (Å²) in [5.74, 6) is -0.394. The predicted octanol–water partition coefficient (Wildman–Crippen LogP) is 1.30. The molecule has 0 saturated heterocycles. The zero-order valence-electron chi connectivity index (χ0n) is 5.52. The fourth-order valence-corrected chi connectivity index (χ4v) is 0.0833. The average molecular weight is 126 g/mol. The molecule has 50 valence electrons. The Morgan fingerprint density at radius 3 is 2.00 bits per heavy atom. The number of carbonyl (C=O) groups excluding carboxylic acids is 1. The summed E-state index contributed by atoms with van der Waals surface area (Å²) in [5.41, 5.74) is 2.25. The molecule has 0 N–H and O–H groups in total. The number of ether oxygens (including phenoxy) is 1. The SMILES string of the molecule is C=C=C.C=CC(=O)OC. The van der Waals surface area contributed by atoms with Gasteiger partial charge in [-0.2, -0.15) is 0 Å². The fraction of sp³-hybridized carbons (Fsp3) is 0.143. The summed E-state index contributed by atoms with van der Waals surface area (Å²) in [6, 6.07) is 0. The minimum absolute atomic E-state index is 0.394. The molecule has 2 heteroatoms. The van der Waals surface area contributed by atoms with Gasteiger partial charge < -0.3 is 4.74 Å². The van der Waals surface area contributed by atoms with Gasteiger partial charge in [0, 0.05) is 6.08 Å². The number of carbonyl (C=O) groups is 1. The molecule has 0 saturated carbocycles. The first-order chi connectivity index (χ1) is 4.22. The standard InChI is InChI=1S/C4H6O2.C3H4/c1-3-4(5)6-2;1-3-2/h3H,1H2,2H3;1-2H2. The van der Waals surface area contributed by atoms with E-state index in [0.717, 1.165) is 6.08 Å². The van der Waals surface area contributed by atoms with E-state index >= 15 is 0 Å². The summed E-state index contributed by atoms with van der Waals surface area (Å²) in [6.07, 6.45) is 1.11. The highest BCUT2D eigenvalue weighted by Crippen LogP contribution is 1.67. The van der Waals surface area contributed by atoms with Crippen molar-refractivity contribution in [2.24, 2.45) is 0 Å². The second-order valence-corrected chi connectivity index (χ2v) is 0.977. The van der Waals surface area contributed by atoms with Gasteiger partial charge in [-0.3, -0.25) is 0 Å².